The smallest absolute Gasteiger partial charge is 0.267 e. The number of carbonyl (C=O) groups is 2. The first-order chi connectivity index (χ1) is 21.7. The minimum absolute atomic E-state index is 0.0800. The first kappa shape index (κ1) is 30.4. The maximum atomic E-state index is 14.2. The number of para-hydroxylation sites is 1. The third kappa shape index (κ3) is 6.46. The second-order valence-corrected chi connectivity index (χ2v) is 12.1. The third-order valence-corrected chi connectivity index (χ3v) is 8.89. The highest BCUT2D eigenvalue weighted by molar-refractivity contribution is 7.17. The van der Waals surface area contributed by atoms with E-state index in [1.165, 1.54) is 30.5 Å². The average molecular weight is 649 g/mol. The lowest BCUT2D eigenvalue weighted by atomic mass is 10.1. The van der Waals surface area contributed by atoms with Crippen LogP contribution in [0.4, 0.5) is 32.5 Å². The number of aromatic nitrogens is 3. The van der Waals surface area contributed by atoms with Crippen LogP contribution in [0.3, 0.4) is 0 Å². The molecule has 0 bridgehead atoms. The molecule has 232 valence electrons. The van der Waals surface area contributed by atoms with Crippen LogP contribution in [0, 0.1) is 12.7 Å². The van der Waals surface area contributed by atoms with Crippen molar-refractivity contribution in [2.45, 2.75) is 13.0 Å². The number of hydrogen-bond acceptors (Lipinski definition) is 10. The zero-order chi connectivity index (χ0) is 31.7. The molecule has 0 atom stereocenters. The van der Waals surface area contributed by atoms with Gasteiger partial charge in [0.25, 0.3) is 5.91 Å². The fourth-order valence-electron chi connectivity index (χ4n) is 5.13. The van der Waals surface area contributed by atoms with Gasteiger partial charge in [0.1, 0.15) is 16.5 Å². The molecule has 5 heterocycles. The lowest BCUT2D eigenvalue weighted by Gasteiger charge is -2.42. The van der Waals surface area contributed by atoms with E-state index in [1.54, 1.807) is 11.1 Å². The van der Waals surface area contributed by atoms with Crippen LogP contribution in [-0.2, 0) is 4.79 Å². The Labute approximate surface area is 268 Å². The van der Waals surface area contributed by atoms with E-state index in [0.29, 0.717) is 55.9 Å². The predicted molar refractivity (Wildman–Crippen MR) is 174 cm³/mol. The van der Waals surface area contributed by atoms with Crippen molar-refractivity contribution in [3.8, 4) is 11.3 Å². The number of aliphatic hydroxyl groups excluding tert-OH is 1. The number of halogens is 2. The molecule has 0 aliphatic carbocycles. The van der Waals surface area contributed by atoms with Crippen molar-refractivity contribution < 1.29 is 19.1 Å². The van der Waals surface area contributed by atoms with Gasteiger partial charge in [-0.05, 0) is 42.8 Å². The Hall–Kier alpha value is -4.59. The number of carbonyl (C=O) groups excluding carboxylic acids is 2. The van der Waals surface area contributed by atoms with E-state index in [9.17, 15) is 19.1 Å². The summed E-state index contributed by atoms with van der Waals surface area (Å²) in [5.74, 6) is 0.109. The van der Waals surface area contributed by atoms with Crippen LogP contribution in [0.15, 0.2) is 61.4 Å². The molecule has 2 amide bonds. The summed E-state index contributed by atoms with van der Waals surface area (Å²) in [6, 6.07) is 10.0. The van der Waals surface area contributed by atoms with Gasteiger partial charge in [-0.15, -0.1) is 0 Å². The van der Waals surface area contributed by atoms with Crippen molar-refractivity contribution in [1.29, 1.82) is 0 Å². The molecule has 0 unspecified atom stereocenters. The van der Waals surface area contributed by atoms with Gasteiger partial charge in [-0.25, -0.2) is 19.3 Å². The molecule has 11 nitrogen and oxygen atoms in total. The van der Waals surface area contributed by atoms with Crippen LogP contribution in [0.1, 0.15) is 15.2 Å². The Morgan fingerprint density at radius 2 is 1.89 bits per heavy atom. The number of aliphatic hydroxyl groups is 1. The van der Waals surface area contributed by atoms with E-state index < -0.39 is 17.8 Å². The minimum atomic E-state index is -0.631. The third-order valence-electron chi connectivity index (χ3n) is 7.66. The van der Waals surface area contributed by atoms with Crippen molar-refractivity contribution in [2.24, 2.45) is 0 Å². The number of piperazine rings is 1. The van der Waals surface area contributed by atoms with Gasteiger partial charge in [-0.1, -0.05) is 41.6 Å². The molecule has 2 aliphatic rings. The molecule has 4 aromatic rings. The van der Waals surface area contributed by atoms with E-state index in [0.717, 1.165) is 34.0 Å². The summed E-state index contributed by atoms with van der Waals surface area (Å²) in [6.07, 6.45) is 4.12. The van der Waals surface area contributed by atoms with Crippen LogP contribution in [0.5, 0.6) is 0 Å². The summed E-state index contributed by atoms with van der Waals surface area (Å²) in [4.78, 5) is 45.1. The molecule has 0 spiro atoms. The highest BCUT2D eigenvalue weighted by atomic mass is 35.5. The zero-order valence-corrected chi connectivity index (χ0v) is 25.9. The van der Waals surface area contributed by atoms with Crippen molar-refractivity contribution in [3.05, 3.63) is 82.7 Å². The summed E-state index contributed by atoms with van der Waals surface area (Å²) in [5, 5.41) is 16.3. The molecular weight excluding hydrogens is 619 g/mol. The Morgan fingerprint density at radius 3 is 2.60 bits per heavy atom. The molecule has 45 heavy (non-hydrogen) atoms. The number of aryl methyl sites for hydroxylation is 1. The van der Waals surface area contributed by atoms with Gasteiger partial charge < -0.3 is 30.4 Å². The number of anilines is 5. The molecule has 2 aliphatic heterocycles. The van der Waals surface area contributed by atoms with E-state index in [4.69, 9.17) is 21.6 Å². The van der Waals surface area contributed by atoms with Crippen LogP contribution in [0.25, 0.3) is 11.3 Å². The number of amides is 2. The molecule has 2 saturated heterocycles. The highest BCUT2D eigenvalue weighted by Crippen LogP contribution is 2.36. The quantitative estimate of drug-likeness (QED) is 0.233. The van der Waals surface area contributed by atoms with Gasteiger partial charge in [0.15, 0.2) is 10.9 Å². The van der Waals surface area contributed by atoms with Gasteiger partial charge in [-0.2, -0.15) is 0 Å². The molecule has 14 heteroatoms. The summed E-state index contributed by atoms with van der Waals surface area (Å²) >= 11 is 7.14. The number of nitrogens with one attached hydrogen (secondary N) is 2. The molecule has 2 fully saturated rings. The minimum Gasteiger partial charge on any atom is -0.389 e. The van der Waals surface area contributed by atoms with E-state index in [1.807, 2.05) is 25.1 Å². The number of thiazole rings is 1. The van der Waals surface area contributed by atoms with E-state index in [-0.39, 0.29) is 21.5 Å². The first-order valence-electron chi connectivity index (χ1n) is 14.3. The second-order valence-electron chi connectivity index (χ2n) is 10.7. The van der Waals surface area contributed by atoms with Crippen LogP contribution in [0.2, 0.25) is 5.02 Å². The number of hydrogen-bond donors (Lipinski definition) is 3. The zero-order valence-electron chi connectivity index (χ0n) is 24.3. The van der Waals surface area contributed by atoms with Crippen LogP contribution < -0.4 is 20.4 Å². The number of nitrogens with zero attached hydrogens (tertiary/aromatic N) is 6. The first-order valence-corrected chi connectivity index (χ1v) is 15.4. The average Bonchev–Trinajstić information content (AvgIpc) is 3.50. The van der Waals surface area contributed by atoms with Gasteiger partial charge >= 0.3 is 0 Å². The Morgan fingerprint density at radius 1 is 1.11 bits per heavy atom. The number of rotatable bonds is 8. The highest BCUT2D eigenvalue weighted by Gasteiger charge is 2.30. The maximum Gasteiger partial charge on any atom is 0.267 e. The predicted octanol–water partition coefficient (Wildman–Crippen LogP) is 4.71. The Kier molecular flexibility index (Phi) is 8.65. The molecule has 6 rings (SSSR count). The monoisotopic (exact) mass is 648 g/mol. The molecule has 3 aromatic heterocycles. The summed E-state index contributed by atoms with van der Waals surface area (Å²) in [7, 11) is 0. The van der Waals surface area contributed by atoms with Crippen LogP contribution in [-0.4, -0.2) is 82.1 Å². The van der Waals surface area contributed by atoms with Crippen molar-refractivity contribution in [2.75, 3.05) is 59.7 Å². The van der Waals surface area contributed by atoms with Crippen molar-refractivity contribution in [1.82, 2.24) is 19.9 Å². The van der Waals surface area contributed by atoms with E-state index in [2.05, 4.69) is 32.0 Å². The fourth-order valence-corrected chi connectivity index (χ4v) is 6.05. The Bertz CT molecular complexity index is 1750. The molecule has 0 saturated carbocycles. The number of pyridine rings is 2. The number of β-amino-alcohol motifs (C(OH)–C–C–N with tert-alkyl or cyclic N) is 1. The number of benzene rings is 1. The van der Waals surface area contributed by atoms with Gasteiger partial charge in [0.05, 0.1) is 34.4 Å². The van der Waals surface area contributed by atoms with Crippen LogP contribution >= 0.6 is 22.9 Å². The topological polar surface area (TPSA) is 127 Å². The summed E-state index contributed by atoms with van der Waals surface area (Å²) in [6.45, 7) is 8.91. The lowest BCUT2D eigenvalue weighted by Crippen LogP contribution is -2.52. The SMILES string of the molecule is C=CC(=O)N1CCN(c2ncc(-c3ccc(C)c(Nc4ncc(C(=O)Nc5c(F)cccc5Cl)s4)n3)cc2N2CC(O)C2)CC1. The molecule has 0 radical (unpaired) electrons. The maximum absolute atomic E-state index is 14.2. The summed E-state index contributed by atoms with van der Waals surface area (Å²) in [5.41, 5.74) is 3.13. The Balaban J connectivity index is 1.21. The van der Waals surface area contributed by atoms with Gasteiger partial charge in [0, 0.05) is 51.0 Å². The largest absolute Gasteiger partial charge is 0.389 e. The second kappa shape index (κ2) is 12.8. The standard InChI is InChI=1S/C31H30ClFN8O3S/c1-3-26(43)39-9-11-40(12-10-39)29-24(41-16-20(42)17-41)13-19(14-34-29)23-8-7-18(2)28(36-23)38-31-35-15-25(45-31)30(44)37-27-21(32)5-4-6-22(27)33/h3-8,13-15,20,42H,1,9-12,16-17H2,2H3,(H,37,44)(H,35,36,38). The lowest BCUT2D eigenvalue weighted by molar-refractivity contribution is -0.126. The fraction of sp³-hybridized carbons (Fsp3) is 0.258. The molecule has 3 N–H and O–H groups in total. The van der Waals surface area contributed by atoms with Crippen molar-refractivity contribution >= 4 is 62.9 Å². The van der Waals surface area contributed by atoms with Crippen molar-refractivity contribution in [3.63, 3.8) is 0 Å². The normalized spacial score (nSPS) is 15.1. The van der Waals surface area contributed by atoms with E-state index >= 15 is 0 Å². The van der Waals surface area contributed by atoms with Gasteiger partial charge in [-0.3, -0.25) is 9.59 Å². The molecular formula is C31H30ClFN8O3S. The summed E-state index contributed by atoms with van der Waals surface area (Å²) < 4.78 is 14.2. The van der Waals surface area contributed by atoms with Gasteiger partial charge in [0.2, 0.25) is 5.91 Å². The molecule has 1 aromatic carbocycles.